The monoisotopic (exact) mass is 344 g/mol. The minimum absolute atomic E-state index is 0. The number of rotatable bonds is 3. The van der Waals surface area contributed by atoms with E-state index in [1.54, 1.807) is 0 Å². The van der Waals surface area contributed by atoms with Gasteiger partial charge in [0.05, 0.1) is 0 Å². The lowest BCUT2D eigenvalue weighted by molar-refractivity contribution is -0.128. The van der Waals surface area contributed by atoms with Crippen LogP contribution in [0.1, 0.15) is 37.7 Å². The molecule has 2 aliphatic carbocycles. The Bertz CT molecular complexity index is 556. The second kappa shape index (κ2) is 7.58. The summed E-state index contributed by atoms with van der Waals surface area (Å²) in [6.45, 7) is 0.0281. The van der Waals surface area contributed by atoms with E-state index in [0.717, 1.165) is 43.9 Å². The smallest absolute Gasteiger partial charge is 0.223 e. The van der Waals surface area contributed by atoms with Gasteiger partial charge >= 0.3 is 0 Å². The summed E-state index contributed by atoms with van der Waals surface area (Å²) in [7, 11) is 0. The molecule has 2 fully saturated rings. The lowest BCUT2D eigenvalue weighted by Crippen LogP contribution is -2.49. The highest BCUT2D eigenvalue weighted by atomic mass is 35.5. The van der Waals surface area contributed by atoms with Crippen molar-refractivity contribution in [3.05, 3.63) is 35.4 Å². The second-order valence-corrected chi connectivity index (χ2v) is 6.65. The van der Waals surface area contributed by atoms with Crippen LogP contribution in [0.15, 0.2) is 18.2 Å². The van der Waals surface area contributed by atoms with E-state index in [9.17, 15) is 13.6 Å². The van der Waals surface area contributed by atoms with E-state index < -0.39 is 11.6 Å². The Labute approximate surface area is 141 Å². The molecule has 0 aromatic heterocycles. The number of hydrogen-bond acceptors (Lipinski definition) is 2. The average Bonchev–Trinajstić information content (AvgIpc) is 2.47. The topological polar surface area (TPSA) is 55.1 Å². The molecule has 1 aromatic rings. The largest absolute Gasteiger partial charge is 0.352 e. The summed E-state index contributed by atoms with van der Waals surface area (Å²) in [4.78, 5) is 12.3. The first kappa shape index (κ1) is 18.1. The lowest BCUT2D eigenvalue weighted by Gasteiger charge is -2.43. The summed E-state index contributed by atoms with van der Waals surface area (Å²) in [5.74, 6) is -0.254. The molecule has 2 unspecified atom stereocenters. The molecule has 2 aliphatic rings. The van der Waals surface area contributed by atoms with E-state index in [-0.39, 0.29) is 42.4 Å². The van der Waals surface area contributed by atoms with Gasteiger partial charge in [-0.2, -0.15) is 0 Å². The van der Waals surface area contributed by atoms with Gasteiger partial charge in [0.1, 0.15) is 11.6 Å². The normalized spacial score (nSPS) is 29.5. The Balaban J connectivity index is 0.00000192. The first-order valence-corrected chi connectivity index (χ1v) is 8.02. The summed E-state index contributed by atoms with van der Waals surface area (Å²) in [5, 5.41) is 2.75. The van der Waals surface area contributed by atoms with Crippen LogP contribution in [0.4, 0.5) is 8.78 Å². The maximum atomic E-state index is 13.6. The predicted molar refractivity (Wildman–Crippen MR) is 87.0 cm³/mol. The summed E-state index contributed by atoms with van der Waals surface area (Å²) < 4.78 is 26.7. The zero-order chi connectivity index (χ0) is 15.7. The molecule has 3 rings (SSSR count). The number of carbonyl (C=O) groups is 1. The first-order chi connectivity index (χ1) is 10.5. The molecule has 2 bridgehead atoms. The van der Waals surface area contributed by atoms with E-state index in [1.165, 1.54) is 6.42 Å². The van der Waals surface area contributed by atoms with Crippen LogP contribution in [0.2, 0.25) is 0 Å². The zero-order valence-corrected chi connectivity index (χ0v) is 13.8. The van der Waals surface area contributed by atoms with Gasteiger partial charge in [-0.05, 0) is 55.7 Å². The second-order valence-electron chi connectivity index (χ2n) is 6.65. The molecule has 1 aromatic carbocycles. The van der Waals surface area contributed by atoms with Gasteiger partial charge in [-0.15, -0.1) is 12.4 Å². The number of halogens is 3. The van der Waals surface area contributed by atoms with Gasteiger partial charge < -0.3 is 11.1 Å². The van der Waals surface area contributed by atoms with E-state index in [2.05, 4.69) is 5.32 Å². The molecular weight excluding hydrogens is 322 g/mol. The third-order valence-corrected chi connectivity index (χ3v) is 5.24. The molecule has 2 atom stereocenters. The molecule has 0 radical (unpaired) electrons. The molecular formula is C17H23ClF2N2O. The van der Waals surface area contributed by atoms with Crippen LogP contribution in [0.25, 0.3) is 0 Å². The zero-order valence-electron chi connectivity index (χ0n) is 12.9. The lowest BCUT2D eigenvalue weighted by atomic mass is 9.65. The molecule has 0 saturated heterocycles. The Kier molecular flexibility index (Phi) is 5.98. The van der Waals surface area contributed by atoms with E-state index in [1.807, 2.05) is 0 Å². The fraction of sp³-hybridized carbons (Fsp3) is 0.588. The Hall–Kier alpha value is -1.20. The van der Waals surface area contributed by atoms with Crippen LogP contribution in [0.3, 0.4) is 0 Å². The highest BCUT2D eigenvalue weighted by Gasteiger charge is 2.40. The fourth-order valence-electron chi connectivity index (χ4n) is 4.01. The van der Waals surface area contributed by atoms with Crippen molar-refractivity contribution in [2.24, 2.45) is 23.5 Å². The van der Waals surface area contributed by atoms with Gasteiger partial charge in [-0.1, -0.05) is 6.42 Å². The fourth-order valence-corrected chi connectivity index (χ4v) is 4.01. The van der Waals surface area contributed by atoms with Crippen molar-refractivity contribution >= 4 is 18.3 Å². The first-order valence-electron chi connectivity index (χ1n) is 8.02. The maximum absolute atomic E-state index is 13.6. The van der Waals surface area contributed by atoms with E-state index in [4.69, 9.17) is 5.73 Å². The SMILES string of the molecule is Cl.NC1C2CCCC1CC(C(=O)NCc1cc(F)ccc1F)C2. The van der Waals surface area contributed by atoms with Crippen LogP contribution < -0.4 is 11.1 Å². The summed E-state index contributed by atoms with van der Waals surface area (Å²) >= 11 is 0. The van der Waals surface area contributed by atoms with Crippen LogP contribution in [0.5, 0.6) is 0 Å². The molecule has 0 spiro atoms. The Morgan fingerprint density at radius 1 is 1.22 bits per heavy atom. The quantitative estimate of drug-likeness (QED) is 0.885. The van der Waals surface area contributed by atoms with Gasteiger partial charge in [-0.3, -0.25) is 4.79 Å². The number of hydrogen-bond donors (Lipinski definition) is 2. The van der Waals surface area contributed by atoms with Crippen molar-refractivity contribution in [3.63, 3.8) is 0 Å². The third kappa shape index (κ3) is 4.01. The van der Waals surface area contributed by atoms with Crippen LogP contribution in [0, 0.1) is 29.4 Å². The number of benzene rings is 1. The Morgan fingerprint density at radius 3 is 2.52 bits per heavy atom. The minimum Gasteiger partial charge on any atom is -0.352 e. The third-order valence-electron chi connectivity index (χ3n) is 5.24. The summed E-state index contributed by atoms with van der Waals surface area (Å²) in [6.07, 6.45) is 5.02. The van der Waals surface area contributed by atoms with Crippen LogP contribution in [-0.2, 0) is 11.3 Å². The van der Waals surface area contributed by atoms with Crippen LogP contribution >= 0.6 is 12.4 Å². The summed E-state index contributed by atoms with van der Waals surface area (Å²) in [5.41, 5.74) is 6.41. The van der Waals surface area contributed by atoms with Gasteiger partial charge in [0.15, 0.2) is 0 Å². The molecule has 3 N–H and O–H groups in total. The van der Waals surface area contributed by atoms with Crippen molar-refractivity contribution in [1.29, 1.82) is 0 Å². The molecule has 6 heteroatoms. The molecule has 0 heterocycles. The minimum atomic E-state index is -0.496. The van der Waals surface area contributed by atoms with Gasteiger partial charge in [-0.25, -0.2) is 8.78 Å². The summed E-state index contributed by atoms with van der Waals surface area (Å²) in [6, 6.07) is 3.50. The van der Waals surface area contributed by atoms with Gasteiger partial charge in [0.2, 0.25) is 5.91 Å². The number of fused-ring (bicyclic) bond motifs is 2. The average molecular weight is 345 g/mol. The molecule has 3 nitrogen and oxygen atoms in total. The van der Waals surface area contributed by atoms with E-state index >= 15 is 0 Å². The molecule has 23 heavy (non-hydrogen) atoms. The van der Waals surface area contributed by atoms with Crippen molar-refractivity contribution < 1.29 is 13.6 Å². The predicted octanol–water partition coefficient (Wildman–Crippen LogP) is 3.16. The number of nitrogens with two attached hydrogens (primary N) is 1. The standard InChI is InChI=1S/C17H22F2N2O.ClH/c18-14-4-5-15(19)13(8-14)9-21-17(22)12-6-10-2-1-3-11(7-12)16(10)20;/h4-5,8,10-12,16H,1-3,6-7,9,20H2,(H,21,22);1H. The number of amides is 1. The molecule has 2 saturated carbocycles. The maximum Gasteiger partial charge on any atom is 0.223 e. The van der Waals surface area contributed by atoms with Crippen molar-refractivity contribution in [3.8, 4) is 0 Å². The number of nitrogens with one attached hydrogen (secondary N) is 1. The number of carbonyl (C=O) groups excluding carboxylic acids is 1. The van der Waals surface area contributed by atoms with Crippen molar-refractivity contribution in [2.75, 3.05) is 0 Å². The Morgan fingerprint density at radius 2 is 1.87 bits per heavy atom. The van der Waals surface area contributed by atoms with Crippen molar-refractivity contribution in [2.45, 2.75) is 44.7 Å². The van der Waals surface area contributed by atoms with Crippen LogP contribution in [-0.4, -0.2) is 11.9 Å². The van der Waals surface area contributed by atoms with Gasteiger partial charge in [0.25, 0.3) is 0 Å². The highest BCUT2D eigenvalue weighted by Crippen LogP contribution is 2.41. The van der Waals surface area contributed by atoms with E-state index in [0.29, 0.717) is 11.8 Å². The van der Waals surface area contributed by atoms with Gasteiger partial charge in [0, 0.05) is 24.1 Å². The molecule has 0 aliphatic heterocycles. The molecule has 1 amide bonds. The van der Waals surface area contributed by atoms with Crippen molar-refractivity contribution in [1.82, 2.24) is 5.32 Å². The highest BCUT2D eigenvalue weighted by molar-refractivity contribution is 5.85. The molecule has 128 valence electrons.